The lowest BCUT2D eigenvalue weighted by Gasteiger charge is -2.10. The zero-order chi connectivity index (χ0) is 27.9. The molecule has 8 aromatic rings. The SMILES string of the molecule is c1ccc(-c2ccc3cc(-c4ccc(-c5ccc(-c6ccc7c(ccc8ccccc87)c6)cc5)cc4)ccc3c2)cc1. The maximum absolute atomic E-state index is 2.30. The predicted octanol–water partition coefficient (Wildman–Crippen LogP) is 11.8. The zero-order valence-corrected chi connectivity index (χ0v) is 23.2. The van der Waals surface area contributed by atoms with Crippen molar-refractivity contribution in [3.05, 3.63) is 170 Å². The van der Waals surface area contributed by atoms with Crippen LogP contribution in [0.1, 0.15) is 0 Å². The Labute approximate surface area is 246 Å². The second-order valence-corrected chi connectivity index (χ2v) is 11.0. The Morgan fingerprint density at radius 3 is 1.14 bits per heavy atom. The minimum absolute atomic E-state index is 1.23. The minimum atomic E-state index is 1.23. The van der Waals surface area contributed by atoms with Crippen LogP contribution < -0.4 is 0 Å². The lowest BCUT2D eigenvalue weighted by molar-refractivity contribution is 1.59. The Balaban J connectivity index is 1.04. The van der Waals surface area contributed by atoms with E-state index in [1.54, 1.807) is 0 Å². The molecule has 0 aliphatic heterocycles. The molecule has 0 spiro atoms. The first kappa shape index (κ1) is 24.3. The van der Waals surface area contributed by atoms with Gasteiger partial charge in [-0.1, -0.05) is 152 Å². The largest absolute Gasteiger partial charge is 0.0622 e. The van der Waals surface area contributed by atoms with E-state index in [2.05, 4.69) is 170 Å². The maximum Gasteiger partial charge on any atom is -0.0105 e. The summed E-state index contributed by atoms with van der Waals surface area (Å²) in [6.45, 7) is 0. The van der Waals surface area contributed by atoms with Gasteiger partial charge in [-0.25, -0.2) is 0 Å². The second-order valence-electron chi connectivity index (χ2n) is 11.0. The van der Waals surface area contributed by atoms with E-state index in [4.69, 9.17) is 0 Å². The van der Waals surface area contributed by atoms with Gasteiger partial charge in [0.05, 0.1) is 0 Å². The Morgan fingerprint density at radius 1 is 0.190 bits per heavy atom. The molecular weight excluding hydrogens is 504 g/mol. The monoisotopic (exact) mass is 532 g/mol. The van der Waals surface area contributed by atoms with Crippen molar-refractivity contribution in [1.82, 2.24) is 0 Å². The fourth-order valence-corrected chi connectivity index (χ4v) is 6.14. The zero-order valence-electron chi connectivity index (χ0n) is 23.2. The summed E-state index contributed by atoms with van der Waals surface area (Å²) in [7, 11) is 0. The molecule has 0 amide bonds. The third-order valence-corrected chi connectivity index (χ3v) is 8.46. The van der Waals surface area contributed by atoms with Gasteiger partial charge in [-0.3, -0.25) is 0 Å². The molecule has 0 saturated carbocycles. The van der Waals surface area contributed by atoms with Crippen molar-refractivity contribution in [2.75, 3.05) is 0 Å². The van der Waals surface area contributed by atoms with Gasteiger partial charge < -0.3 is 0 Å². The van der Waals surface area contributed by atoms with Crippen LogP contribution in [0.2, 0.25) is 0 Å². The molecule has 42 heavy (non-hydrogen) atoms. The van der Waals surface area contributed by atoms with Crippen molar-refractivity contribution >= 4 is 32.3 Å². The van der Waals surface area contributed by atoms with Crippen LogP contribution in [0.15, 0.2) is 170 Å². The molecule has 0 radical (unpaired) electrons. The summed E-state index contributed by atoms with van der Waals surface area (Å²) in [6, 6.07) is 61.8. The smallest absolute Gasteiger partial charge is 0.0105 e. The lowest BCUT2D eigenvalue weighted by Crippen LogP contribution is -1.84. The molecule has 0 unspecified atom stereocenters. The van der Waals surface area contributed by atoms with Gasteiger partial charge in [0.2, 0.25) is 0 Å². The molecule has 0 heteroatoms. The van der Waals surface area contributed by atoms with Gasteiger partial charge in [-0.05, 0) is 95.0 Å². The second kappa shape index (κ2) is 10.2. The molecule has 0 saturated heterocycles. The van der Waals surface area contributed by atoms with Crippen molar-refractivity contribution in [3.8, 4) is 44.5 Å². The van der Waals surface area contributed by atoms with Gasteiger partial charge in [-0.2, -0.15) is 0 Å². The number of hydrogen-bond donors (Lipinski definition) is 0. The first-order valence-corrected chi connectivity index (χ1v) is 14.5. The first-order valence-electron chi connectivity index (χ1n) is 14.5. The average Bonchev–Trinajstić information content (AvgIpc) is 3.08. The first-order chi connectivity index (χ1) is 20.8. The summed E-state index contributed by atoms with van der Waals surface area (Å²) in [6.07, 6.45) is 0. The number of benzene rings is 8. The summed E-state index contributed by atoms with van der Waals surface area (Å²) in [5.41, 5.74) is 9.89. The lowest BCUT2D eigenvalue weighted by atomic mass is 9.95. The molecule has 0 heterocycles. The summed E-state index contributed by atoms with van der Waals surface area (Å²) in [5.74, 6) is 0. The highest BCUT2D eigenvalue weighted by atomic mass is 14.1. The molecule has 0 N–H and O–H groups in total. The van der Waals surface area contributed by atoms with Gasteiger partial charge in [0.1, 0.15) is 0 Å². The third kappa shape index (κ3) is 4.44. The van der Waals surface area contributed by atoms with E-state index in [-0.39, 0.29) is 0 Å². The molecule has 8 aromatic carbocycles. The quantitative estimate of drug-likeness (QED) is 0.198. The van der Waals surface area contributed by atoms with E-state index in [1.807, 2.05) is 0 Å². The van der Waals surface area contributed by atoms with Crippen LogP contribution in [0.3, 0.4) is 0 Å². The van der Waals surface area contributed by atoms with Crippen LogP contribution in [0.5, 0.6) is 0 Å². The minimum Gasteiger partial charge on any atom is -0.0622 e. The molecule has 0 bridgehead atoms. The van der Waals surface area contributed by atoms with E-state index in [0.717, 1.165) is 0 Å². The number of rotatable bonds is 4. The summed E-state index contributed by atoms with van der Waals surface area (Å²) in [4.78, 5) is 0. The Kier molecular flexibility index (Phi) is 5.90. The molecule has 0 aliphatic carbocycles. The predicted molar refractivity (Wildman–Crippen MR) is 181 cm³/mol. The van der Waals surface area contributed by atoms with Gasteiger partial charge in [-0.15, -0.1) is 0 Å². The highest BCUT2D eigenvalue weighted by Crippen LogP contribution is 2.33. The van der Waals surface area contributed by atoms with Crippen molar-refractivity contribution in [2.24, 2.45) is 0 Å². The molecule has 8 rings (SSSR count). The van der Waals surface area contributed by atoms with Gasteiger partial charge >= 0.3 is 0 Å². The van der Waals surface area contributed by atoms with Crippen LogP contribution in [0.25, 0.3) is 76.8 Å². The average molecular weight is 533 g/mol. The van der Waals surface area contributed by atoms with Crippen molar-refractivity contribution in [2.45, 2.75) is 0 Å². The van der Waals surface area contributed by atoms with E-state index >= 15 is 0 Å². The Morgan fingerprint density at radius 2 is 0.548 bits per heavy atom. The van der Waals surface area contributed by atoms with Gasteiger partial charge in [0.25, 0.3) is 0 Å². The van der Waals surface area contributed by atoms with Gasteiger partial charge in [0.15, 0.2) is 0 Å². The van der Waals surface area contributed by atoms with Crippen molar-refractivity contribution < 1.29 is 0 Å². The molecule has 0 aliphatic rings. The molecule has 0 aromatic heterocycles. The highest BCUT2D eigenvalue weighted by molar-refractivity contribution is 6.08. The topological polar surface area (TPSA) is 0 Å². The van der Waals surface area contributed by atoms with Crippen LogP contribution in [-0.4, -0.2) is 0 Å². The Hall–Kier alpha value is -5.46. The molecule has 0 atom stereocenters. The highest BCUT2D eigenvalue weighted by Gasteiger charge is 2.06. The molecule has 0 nitrogen and oxygen atoms in total. The molecule has 196 valence electrons. The van der Waals surface area contributed by atoms with Crippen LogP contribution >= 0.6 is 0 Å². The third-order valence-electron chi connectivity index (χ3n) is 8.46. The van der Waals surface area contributed by atoms with E-state index in [1.165, 1.54) is 76.8 Å². The fourth-order valence-electron chi connectivity index (χ4n) is 6.14. The van der Waals surface area contributed by atoms with Crippen molar-refractivity contribution in [1.29, 1.82) is 0 Å². The van der Waals surface area contributed by atoms with E-state index in [9.17, 15) is 0 Å². The van der Waals surface area contributed by atoms with Crippen LogP contribution in [-0.2, 0) is 0 Å². The van der Waals surface area contributed by atoms with Crippen LogP contribution in [0.4, 0.5) is 0 Å². The normalized spacial score (nSPS) is 11.3. The van der Waals surface area contributed by atoms with E-state index in [0.29, 0.717) is 0 Å². The van der Waals surface area contributed by atoms with Gasteiger partial charge in [0, 0.05) is 0 Å². The maximum atomic E-state index is 2.30. The van der Waals surface area contributed by atoms with E-state index < -0.39 is 0 Å². The fraction of sp³-hybridized carbons (Fsp3) is 0. The molecular formula is C42H28. The summed E-state index contributed by atoms with van der Waals surface area (Å²) in [5, 5.41) is 7.69. The molecule has 0 fully saturated rings. The number of hydrogen-bond acceptors (Lipinski definition) is 0. The number of fused-ring (bicyclic) bond motifs is 4. The van der Waals surface area contributed by atoms with Crippen LogP contribution in [0, 0.1) is 0 Å². The summed E-state index contributed by atoms with van der Waals surface area (Å²) >= 11 is 0. The Bertz CT molecular complexity index is 2200. The summed E-state index contributed by atoms with van der Waals surface area (Å²) < 4.78 is 0. The standard InChI is InChI=1S/C42H28/c1-2-6-29(7-3-1)35-19-21-39-27-36(20-22-38(39)26-35)32-14-10-30(11-15-32)31-12-16-33(17-13-31)37-24-25-42-40(28-37)23-18-34-8-4-5-9-41(34)42/h1-28H. The van der Waals surface area contributed by atoms with Crippen molar-refractivity contribution in [3.63, 3.8) is 0 Å².